The molecule has 23 heavy (non-hydrogen) atoms. The Morgan fingerprint density at radius 3 is 3.00 bits per heavy atom. The second-order valence-electron chi connectivity index (χ2n) is 5.61. The molecule has 1 aliphatic rings. The van der Waals surface area contributed by atoms with Crippen LogP contribution >= 0.6 is 0 Å². The number of imidazole rings is 1. The van der Waals surface area contributed by atoms with Crippen molar-refractivity contribution >= 4 is 21.8 Å². The fraction of sp³-hybridized carbons (Fsp3) is 0.294. The van der Waals surface area contributed by atoms with Crippen molar-refractivity contribution < 1.29 is 8.95 Å². The van der Waals surface area contributed by atoms with E-state index in [2.05, 4.69) is 15.0 Å². The Bertz CT molecular complexity index is 857. The summed E-state index contributed by atoms with van der Waals surface area (Å²) in [6.07, 6.45) is 4.47. The Labute approximate surface area is 136 Å². The van der Waals surface area contributed by atoms with Crippen molar-refractivity contribution in [3.63, 3.8) is 0 Å². The minimum Gasteiger partial charge on any atom is -0.496 e. The Hall–Kier alpha value is -2.21. The number of aromatic nitrogens is 3. The van der Waals surface area contributed by atoms with Crippen LogP contribution < -0.4 is 4.74 Å². The van der Waals surface area contributed by atoms with Crippen LogP contribution in [0.15, 0.2) is 41.7 Å². The SMILES string of the molecule is COc1ccnc2c1CCCC2S(=O)c1nc2ccccc2[nH]1. The monoisotopic (exact) mass is 327 g/mol. The van der Waals surface area contributed by atoms with E-state index in [0.29, 0.717) is 5.16 Å². The maximum absolute atomic E-state index is 13.1. The van der Waals surface area contributed by atoms with Crippen LogP contribution in [0.5, 0.6) is 5.75 Å². The summed E-state index contributed by atoms with van der Waals surface area (Å²) < 4.78 is 18.5. The van der Waals surface area contributed by atoms with Crippen LogP contribution in [0.1, 0.15) is 29.3 Å². The molecule has 0 amide bonds. The molecular weight excluding hydrogens is 310 g/mol. The molecule has 0 saturated carbocycles. The van der Waals surface area contributed by atoms with Crippen LogP contribution in [0.3, 0.4) is 0 Å². The summed E-state index contributed by atoms with van der Waals surface area (Å²) in [6, 6.07) is 9.60. The van der Waals surface area contributed by atoms with Crippen LogP contribution in [0.2, 0.25) is 0 Å². The van der Waals surface area contributed by atoms with E-state index in [1.54, 1.807) is 13.3 Å². The second-order valence-corrected chi connectivity index (χ2v) is 7.16. The van der Waals surface area contributed by atoms with Gasteiger partial charge in [0, 0.05) is 11.8 Å². The number of aromatic amines is 1. The molecule has 4 rings (SSSR count). The highest BCUT2D eigenvalue weighted by atomic mass is 32.2. The van der Waals surface area contributed by atoms with Crippen molar-refractivity contribution in [2.45, 2.75) is 29.7 Å². The van der Waals surface area contributed by atoms with Gasteiger partial charge >= 0.3 is 0 Å². The minimum absolute atomic E-state index is 0.144. The molecule has 0 bridgehead atoms. The van der Waals surface area contributed by atoms with Crippen molar-refractivity contribution in [3.8, 4) is 5.75 Å². The van der Waals surface area contributed by atoms with Crippen LogP contribution in [-0.2, 0) is 17.2 Å². The van der Waals surface area contributed by atoms with Gasteiger partial charge in [0.05, 0.1) is 39.9 Å². The fourth-order valence-corrected chi connectivity index (χ4v) is 4.63. The molecule has 0 saturated heterocycles. The predicted octanol–water partition coefficient (Wildman–Crippen LogP) is 3.15. The van der Waals surface area contributed by atoms with E-state index < -0.39 is 10.8 Å². The number of nitrogens with one attached hydrogen (secondary N) is 1. The van der Waals surface area contributed by atoms with E-state index in [1.165, 1.54) is 0 Å². The summed E-state index contributed by atoms with van der Waals surface area (Å²) in [6.45, 7) is 0. The molecule has 3 aromatic rings. The van der Waals surface area contributed by atoms with E-state index in [9.17, 15) is 4.21 Å². The molecule has 2 atom stereocenters. The van der Waals surface area contributed by atoms with Gasteiger partial charge in [0.1, 0.15) is 5.75 Å². The summed E-state index contributed by atoms with van der Waals surface area (Å²) in [5.41, 5.74) is 3.71. The largest absolute Gasteiger partial charge is 0.496 e. The highest BCUT2D eigenvalue weighted by Crippen LogP contribution is 2.38. The van der Waals surface area contributed by atoms with Crippen molar-refractivity contribution in [2.75, 3.05) is 7.11 Å². The standard InChI is InChI=1S/C17H17N3O2S/c1-22-14-9-10-18-16-11(14)5-4-8-15(16)23(21)17-19-12-6-2-3-7-13(12)20-17/h2-3,6-7,9-10,15H,4-5,8H2,1H3,(H,19,20). The van der Waals surface area contributed by atoms with E-state index in [1.807, 2.05) is 30.3 Å². The van der Waals surface area contributed by atoms with E-state index in [0.717, 1.165) is 47.3 Å². The summed E-state index contributed by atoms with van der Waals surface area (Å²) >= 11 is 0. The first-order chi connectivity index (χ1) is 11.3. The van der Waals surface area contributed by atoms with Gasteiger partial charge in [-0.25, -0.2) is 4.98 Å². The van der Waals surface area contributed by atoms with Crippen LogP contribution in [-0.4, -0.2) is 26.3 Å². The Kier molecular flexibility index (Phi) is 3.61. The highest BCUT2D eigenvalue weighted by Gasteiger charge is 2.31. The smallest absolute Gasteiger partial charge is 0.198 e. The first kappa shape index (κ1) is 14.4. The lowest BCUT2D eigenvalue weighted by molar-refractivity contribution is 0.404. The average Bonchev–Trinajstić information content (AvgIpc) is 3.04. The summed E-state index contributed by atoms with van der Waals surface area (Å²) in [7, 11) is 0.403. The van der Waals surface area contributed by atoms with Crippen molar-refractivity contribution in [1.29, 1.82) is 0 Å². The number of rotatable bonds is 3. The van der Waals surface area contributed by atoms with Gasteiger partial charge in [0.25, 0.3) is 0 Å². The average molecular weight is 327 g/mol. The number of benzene rings is 1. The number of H-pyrrole nitrogens is 1. The quantitative estimate of drug-likeness (QED) is 0.802. The van der Waals surface area contributed by atoms with Crippen molar-refractivity contribution in [2.24, 2.45) is 0 Å². The molecule has 1 aromatic carbocycles. The zero-order valence-electron chi connectivity index (χ0n) is 12.8. The Morgan fingerprint density at radius 2 is 2.17 bits per heavy atom. The predicted molar refractivity (Wildman–Crippen MR) is 89.0 cm³/mol. The molecule has 1 aliphatic carbocycles. The van der Waals surface area contributed by atoms with Gasteiger partial charge in [-0.05, 0) is 37.5 Å². The Balaban J connectivity index is 1.75. The molecular formula is C17H17N3O2S. The van der Waals surface area contributed by atoms with Gasteiger partial charge in [0.15, 0.2) is 5.16 Å². The lowest BCUT2D eigenvalue weighted by Gasteiger charge is -2.24. The summed E-state index contributed by atoms with van der Waals surface area (Å²) in [5.74, 6) is 0.835. The first-order valence-corrected chi connectivity index (χ1v) is 8.86. The van der Waals surface area contributed by atoms with Crippen LogP contribution in [0, 0.1) is 0 Å². The molecule has 0 spiro atoms. The Morgan fingerprint density at radius 1 is 1.30 bits per heavy atom. The molecule has 0 radical (unpaired) electrons. The lowest BCUT2D eigenvalue weighted by atomic mass is 9.95. The zero-order valence-corrected chi connectivity index (χ0v) is 13.6. The molecule has 0 fully saturated rings. The van der Waals surface area contributed by atoms with E-state index in [-0.39, 0.29) is 5.25 Å². The van der Waals surface area contributed by atoms with Gasteiger partial charge in [-0.2, -0.15) is 0 Å². The second kappa shape index (κ2) is 5.77. The molecule has 6 heteroatoms. The number of ether oxygens (including phenoxy) is 1. The summed E-state index contributed by atoms with van der Waals surface area (Å²) in [5, 5.41) is 0.378. The fourth-order valence-electron chi connectivity index (χ4n) is 3.18. The van der Waals surface area contributed by atoms with Gasteiger partial charge in [-0.15, -0.1) is 0 Å². The molecule has 118 valence electrons. The minimum atomic E-state index is -1.26. The van der Waals surface area contributed by atoms with Gasteiger partial charge in [-0.3, -0.25) is 9.19 Å². The number of hydrogen-bond donors (Lipinski definition) is 1. The summed E-state index contributed by atoms with van der Waals surface area (Å²) in [4.78, 5) is 12.2. The highest BCUT2D eigenvalue weighted by molar-refractivity contribution is 7.85. The topological polar surface area (TPSA) is 67.9 Å². The third kappa shape index (κ3) is 2.43. The zero-order chi connectivity index (χ0) is 15.8. The number of fused-ring (bicyclic) bond motifs is 2. The van der Waals surface area contributed by atoms with Gasteiger partial charge in [0.2, 0.25) is 0 Å². The maximum atomic E-state index is 13.1. The van der Waals surface area contributed by atoms with Crippen LogP contribution in [0.25, 0.3) is 11.0 Å². The number of nitrogens with zero attached hydrogens (tertiary/aromatic N) is 2. The normalized spacial score (nSPS) is 18.6. The molecule has 2 aromatic heterocycles. The van der Waals surface area contributed by atoms with Crippen LogP contribution in [0.4, 0.5) is 0 Å². The van der Waals surface area contributed by atoms with Gasteiger partial charge in [-0.1, -0.05) is 12.1 Å². The first-order valence-electron chi connectivity index (χ1n) is 7.65. The molecule has 5 nitrogen and oxygen atoms in total. The van der Waals surface area contributed by atoms with E-state index in [4.69, 9.17) is 4.74 Å². The lowest BCUT2D eigenvalue weighted by Crippen LogP contribution is -2.17. The number of methoxy groups -OCH3 is 1. The maximum Gasteiger partial charge on any atom is 0.198 e. The molecule has 0 aliphatic heterocycles. The molecule has 2 heterocycles. The third-order valence-corrected chi connectivity index (χ3v) is 5.83. The number of hydrogen-bond acceptors (Lipinski definition) is 4. The van der Waals surface area contributed by atoms with E-state index >= 15 is 0 Å². The van der Waals surface area contributed by atoms with Gasteiger partial charge < -0.3 is 9.72 Å². The van der Waals surface area contributed by atoms with Crippen molar-refractivity contribution in [3.05, 3.63) is 47.8 Å². The number of pyridine rings is 1. The molecule has 1 N–H and O–H groups in total. The molecule has 2 unspecified atom stereocenters. The third-order valence-electron chi connectivity index (χ3n) is 4.28. The number of para-hydroxylation sites is 2. The van der Waals surface area contributed by atoms with Crippen molar-refractivity contribution in [1.82, 2.24) is 15.0 Å².